The Labute approximate surface area is 199 Å². The van der Waals surface area contributed by atoms with Gasteiger partial charge >= 0.3 is 0 Å². The third-order valence-electron chi connectivity index (χ3n) is 8.58. The quantitative estimate of drug-likeness (QED) is 0.363. The van der Waals surface area contributed by atoms with Gasteiger partial charge in [0.15, 0.2) is 11.5 Å². The van der Waals surface area contributed by atoms with Crippen molar-refractivity contribution in [3.63, 3.8) is 0 Å². The van der Waals surface area contributed by atoms with E-state index in [0.29, 0.717) is 19.1 Å². The third kappa shape index (κ3) is 6.31. The van der Waals surface area contributed by atoms with Crippen molar-refractivity contribution in [2.45, 2.75) is 84.5 Å². The number of rotatable bonds is 8. The predicted molar refractivity (Wildman–Crippen MR) is 130 cm³/mol. The molecule has 1 aromatic carbocycles. The fraction of sp³-hybridized carbons (Fsp3) is 0.724. The Morgan fingerprint density at radius 1 is 0.727 bits per heavy atom. The van der Waals surface area contributed by atoms with Crippen molar-refractivity contribution >= 4 is 0 Å². The summed E-state index contributed by atoms with van der Waals surface area (Å²) in [6, 6.07) is 2.94. The fourth-order valence-corrected chi connectivity index (χ4v) is 6.38. The van der Waals surface area contributed by atoms with Gasteiger partial charge in [0.25, 0.3) is 0 Å². The molecular formula is C29H42F2O2. The Morgan fingerprint density at radius 2 is 1.30 bits per heavy atom. The van der Waals surface area contributed by atoms with Crippen LogP contribution in [-0.4, -0.2) is 13.2 Å². The van der Waals surface area contributed by atoms with E-state index in [0.717, 1.165) is 36.5 Å². The van der Waals surface area contributed by atoms with Crippen LogP contribution in [-0.2, 0) is 0 Å². The van der Waals surface area contributed by atoms with Crippen LogP contribution in [0.15, 0.2) is 24.3 Å². The van der Waals surface area contributed by atoms with Crippen LogP contribution < -0.4 is 9.47 Å². The van der Waals surface area contributed by atoms with Gasteiger partial charge in [-0.2, -0.15) is 8.78 Å². The van der Waals surface area contributed by atoms with Crippen molar-refractivity contribution in [1.82, 2.24) is 0 Å². The van der Waals surface area contributed by atoms with Crippen LogP contribution in [0.4, 0.5) is 8.78 Å². The van der Waals surface area contributed by atoms with E-state index in [9.17, 15) is 8.78 Å². The van der Waals surface area contributed by atoms with Crippen molar-refractivity contribution in [2.24, 2.45) is 35.5 Å². The molecule has 33 heavy (non-hydrogen) atoms. The van der Waals surface area contributed by atoms with E-state index < -0.39 is 11.6 Å². The highest BCUT2D eigenvalue weighted by atomic mass is 19.2. The lowest BCUT2D eigenvalue weighted by Crippen LogP contribution is -2.28. The molecule has 4 rings (SSSR count). The number of halogens is 2. The molecule has 184 valence electrons. The van der Waals surface area contributed by atoms with Crippen molar-refractivity contribution in [3.05, 3.63) is 35.9 Å². The number of hydrogen-bond donors (Lipinski definition) is 0. The molecule has 0 aliphatic heterocycles. The number of hydrogen-bond acceptors (Lipinski definition) is 2. The van der Waals surface area contributed by atoms with Gasteiger partial charge in [-0.15, -0.1) is 0 Å². The molecule has 2 fully saturated rings. The zero-order valence-electron chi connectivity index (χ0n) is 20.5. The molecule has 0 heterocycles. The van der Waals surface area contributed by atoms with Gasteiger partial charge in [-0.25, -0.2) is 0 Å². The zero-order chi connectivity index (χ0) is 23.2. The molecule has 0 bridgehead atoms. The molecule has 2 unspecified atom stereocenters. The molecule has 3 aliphatic carbocycles. The zero-order valence-corrected chi connectivity index (χ0v) is 20.5. The van der Waals surface area contributed by atoms with Gasteiger partial charge < -0.3 is 9.47 Å². The molecule has 0 N–H and O–H groups in total. The van der Waals surface area contributed by atoms with Gasteiger partial charge in [-0.3, -0.25) is 0 Å². The second-order valence-electron chi connectivity index (χ2n) is 10.9. The highest BCUT2D eigenvalue weighted by molar-refractivity contribution is 5.35. The molecule has 2 nitrogen and oxygen atoms in total. The lowest BCUT2D eigenvalue weighted by atomic mass is 9.66. The smallest absolute Gasteiger partial charge is 0.204 e. The summed E-state index contributed by atoms with van der Waals surface area (Å²) in [6.45, 7) is 5.10. The average molecular weight is 461 g/mol. The molecule has 2 saturated carbocycles. The number of ether oxygens (including phenoxy) is 2. The summed E-state index contributed by atoms with van der Waals surface area (Å²) in [6.07, 6.45) is 19.0. The summed E-state index contributed by atoms with van der Waals surface area (Å²) in [4.78, 5) is 0. The lowest BCUT2D eigenvalue weighted by Gasteiger charge is -2.39. The average Bonchev–Trinajstić information content (AvgIpc) is 2.85. The van der Waals surface area contributed by atoms with Crippen molar-refractivity contribution in [1.29, 1.82) is 0 Å². The first-order valence-corrected chi connectivity index (χ1v) is 13.5. The first-order valence-electron chi connectivity index (χ1n) is 13.5. The van der Waals surface area contributed by atoms with E-state index in [1.165, 1.54) is 69.9 Å². The van der Waals surface area contributed by atoms with Crippen LogP contribution in [0, 0.1) is 47.1 Å². The molecule has 2 atom stereocenters. The van der Waals surface area contributed by atoms with Crippen molar-refractivity contribution in [3.8, 4) is 11.5 Å². The molecule has 1 aromatic rings. The SMILES string of the molecule is CCCOc1ccc(OCC2C=CC(C3CCC(C4CCC(C)CC4)CC3)CC2)c(F)c1F. The van der Waals surface area contributed by atoms with Gasteiger partial charge in [0.1, 0.15) is 0 Å². The molecule has 4 heteroatoms. The number of benzene rings is 1. The molecule has 0 saturated heterocycles. The van der Waals surface area contributed by atoms with Gasteiger partial charge in [-0.1, -0.05) is 38.8 Å². The summed E-state index contributed by atoms with van der Waals surface area (Å²) in [5.41, 5.74) is 0. The van der Waals surface area contributed by atoms with Crippen LogP contribution in [0.5, 0.6) is 11.5 Å². The monoisotopic (exact) mass is 460 g/mol. The van der Waals surface area contributed by atoms with E-state index in [4.69, 9.17) is 9.47 Å². The maximum Gasteiger partial charge on any atom is 0.204 e. The minimum absolute atomic E-state index is 0.0256. The van der Waals surface area contributed by atoms with Crippen LogP contribution in [0.3, 0.4) is 0 Å². The van der Waals surface area contributed by atoms with E-state index in [-0.39, 0.29) is 17.4 Å². The Hall–Kier alpha value is -1.58. The van der Waals surface area contributed by atoms with E-state index >= 15 is 0 Å². The molecule has 0 aromatic heterocycles. The number of allylic oxidation sites excluding steroid dienone is 1. The first-order chi connectivity index (χ1) is 16.0. The van der Waals surface area contributed by atoms with Gasteiger partial charge in [0.2, 0.25) is 11.6 Å². The van der Waals surface area contributed by atoms with Crippen LogP contribution >= 0.6 is 0 Å². The highest BCUT2D eigenvalue weighted by Gasteiger charge is 2.33. The van der Waals surface area contributed by atoms with Crippen LogP contribution in [0.25, 0.3) is 0 Å². The molecular weight excluding hydrogens is 418 g/mol. The minimum atomic E-state index is -0.960. The standard InChI is InChI=1S/C29H42F2O2/c1-3-18-32-26-16-17-27(29(31)28(26)30)33-19-21-6-10-23(11-7-21)25-14-12-24(13-15-25)22-8-4-20(2)5-9-22/h6,10,16-17,20-25H,3-5,7-9,11-15,18-19H2,1-2H3. The molecule has 0 radical (unpaired) electrons. The first kappa shape index (κ1) is 24.5. The predicted octanol–water partition coefficient (Wildman–Crippen LogP) is 8.35. The Kier molecular flexibility index (Phi) is 8.71. The largest absolute Gasteiger partial charge is 0.490 e. The summed E-state index contributed by atoms with van der Waals surface area (Å²) in [5, 5.41) is 0. The Balaban J connectivity index is 1.22. The Bertz CT molecular complexity index is 776. The second kappa shape index (κ2) is 11.7. The van der Waals surface area contributed by atoms with Crippen LogP contribution in [0.1, 0.15) is 84.5 Å². The normalized spacial score (nSPS) is 32.5. The van der Waals surface area contributed by atoms with Gasteiger partial charge in [-0.05, 0) is 99.5 Å². The maximum atomic E-state index is 14.3. The fourth-order valence-electron chi connectivity index (χ4n) is 6.38. The highest BCUT2D eigenvalue weighted by Crippen LogP contribution is 2.44. The Morgan fingerprint density at radius 3 is 1.88 bits per heavy atom. The maximum absolute atomic E-state index is 14.3. The second-order valence-corrected chi connectivity index (χ2v) is 10.9. The summed E-state index contributed by atoms with van der Waals surface area (Å²) in [7, 11) is 0. The molecule has 3 aliphatic rings. The molecule has 0 spiro atoms. The van der Waals surface area contributed by atoms with Crippen molar-refractivity contribution in [2.75, 3.05) is 13.2 Å². The topological polar surface area (TPSA) is 18.5 Å². The van der Waals surface area contributed by atoms with E-state index in [1.54, 1.807) is 0 Å². The van der Waals surface area contributed by atoms with Gasteiger partial charge in [0, 0.05) is 5.92 Å². The molecule has 0 amide bonds. The minimum Gasteiger partial charge on any atom is -0.490 e. The van der Waals surface area contributed by atoms with E-state index in [1.807, 2.05) is 6.92 Å². The lowest BCUT2D eigenvalue weighted by molar-refractivity contribution is 0.130. The van der Waals surface area contributed by atoms with Gasteiger partial charge in [0.05, 0.1) is 13.2 Å². The summed E-state index contributed by atoms with van der Waals surface area (Å²) in [5.74, 6) is 2.68. The van der Waals surface area contributed by atoms with E-state index in [2.05, 4.69) is 19.1 Å². The van der Waals surface area contributed by atoms with Crippen molar-refractivity contribution < 1.29 is 18.3 Å². The van der Waals surface area contributed by atoms with Crippen LogP contribution in [0.2, 0.25) is 0 Å². The third-order valence-corrected chi connectivity index (χ3v) is 8.58. The summed E-state index contributed by atoms with van der Waals surface area (Å²) < 4.78 is 39.4. The summed E-state index contributed by atoms with van der Waals surface area (Å²) >= 11 is 0.